The van der Waals surface area contributed by atoms with Gasteiger partial charge in [-0.1, -0.05) is 6.92 Å². The number of nitrogens with one attached hydrogen (secondary N) is 1. The van der Waals surface area contributed by atoms with Crippen LogP contribution in [-0.2, 0) is 18.4 Å². The maximum absolute atomic E-state index is 12.2. The van der Waals surface area contributed by atoms with Gasteiger partial charge in [0.05, 0.1) is 5.69 Å². The van der Waals surface area contributed by atoms with Crippen molar-refractivity contribution in [2.24, 2.45) is 7.05 Å². The normalized spacial score (nSPS) is 11.5. The molecular formula is C20H24N4O. The fraction of sp³-hybridized carbons (Fsp3) is 0.300. The van der Waals surface area contributed by atoms with Crippen molar-refractivity contribution >= 4 is 28.6 Å². The lowest BCUT2D eigenvalue weighted by atomic mass is 10.2. The third-order valence-corrected chi connectivity index (χ3v) is 4.47. The van der Waals surface area contributed by atoms with Crippen LogP contribution in [0.5, 0.6) is 0 Å². The first-order valence-electron chi connectivity index (χ1n) is 8.57. The second kappa shape index (κ2) is 6.97. The Balaban J connectivity index is 1.74. The summed E-state index contributed by atoms with van der Waals surface area (Å²) in [6, 6.07) is 8.09. The number of aryl methyl sites for hydroxylation is 3. The average Bonchev–Trinajstić information content (AvgIpc) is 3.07. The minimum absolute atomic E-state index is 0.144. The molecular weight excluding hydrogens is 312 g/mol. The van der Waals surface area contributed by atoms with Gasteiger partial charge in [-0.15, -0.1) is 0 Å². The van der Waals surface area contributed by atoms with Crippen LogP contribution in [0, 0.1) is 13.8 Å². The van der Waals surface area contributed by atoms with Gasteiger partial charge in [-0.25, -0.2) is 0 Å². The van der Waals surface area contributed by atoms with Gasteiger partial charge in [0.2, 0.25) is 5.91 Å². The minimum Gasteiger partial charge on any atom is -0.347 e. The van der Waals surface area contributed by atoms with E-state index in [1.54, 1.807) is 6.08 Å². The molecule has 0 spiro atoms. The topological polar surface area (TPSA) is 51.9 Å². The van der Waals surface area contributed by atoms with Crippen molar-refractivity contribution in [1.82, 2.24) is 14.3 Å². The molecule has 0 unspecified atom stereocenters. The number of nitrogens with zero attached hydrogens (tertiary/aromatic N) is 3. The van der Waals surface area contributed by atoms with E-state index in [0.29, 0.717) is 0 Å². The maximum atomic E-state index is 12.2. The van der Waals surface area contributed by atoms with Gasteiger partial charge in [-0.2, -0.15) is 5.10 Å². The van der Waals surface area contributed by atoms with Gasteiger partial charge < -0.3 is 9.88 Å². The van der Waals surface area contributed by atoms with E-state index in [9.17, 15) is 4.79 Å². The van der Waals surface area contributed by atoms with E-state index in [1.165, 1.54) is 5.52 Å². The number of rotatable bonds is 5. The van der Waals surface area contributed by atoms with E-state index < -0.39 is 0 Å². The molecule has 0 saturated heterocycles. The van der Waals surface area contributed by atoms with Crippen LogP contribution in [0.25, 0.3) is 17.0 Å². The smallest absolute Gasteiger partial charge is 0.248 e. The number of aromatic nitrogens is 3. The van der Waals surface area contributed by atoms with Crippen LogP contribution in [0.3, 0.4) is 0 Å². The Morgan fingerprint density at radius 1 is 1.28 bits per heavy atom. The van der Waals surface area contributed by atoms with Crippen molar-refractivity contribution in [3.8, 4) is 0 Å². The Kier molecular flexibility index (Phi) is 4.74. The Hall–Kier alpha value is -2.82. The zero-order valence-corrected chi connectivity index (χ0v) is 15.2. The van der Waals surface area contributed by atoms with Gasteiger partial charge in [-0.05, 0) is 50.6 Å². The molecule has 1 N–H and O–H groups in total. The van der Waals surface area contributed by atoms with Crippen LogP contribution in [0.4, 0.5) is 5.69 Å². The summed E-state index contributed by atoms with van der Waals surface area (Å²) in [6.45, 7) is 7.10. The van der Waals surface area contributed by atoms with Gasteiger partial charge in [0.25, 0.3) is 0 Å². The first kappa shape index (κ1) is 17.0. The number of carbonyl (C=O) groups excluding carboxylic acids is 1. The number of hydrogen-bond acceptors (Lipinski definition) is 2. The highest BCUT2D eigenvalue weighted by atomic mass is 16.1. The number of amides is 1. The Bertz CT molecular complexity index is 946. The number of fused-ring (bicyclic) bond motifs is 1. The van der Waals surface area contributed by atoms with Crippen LogP contribution in [0.15, 0.2) is 36.5 Å². The van der Waals surface area contributed by atoms with Crippen molar-refractivity contribution in [3.05, 3.63) is 53.5 Å². The van der Waals surface area contributed by atoms with Crippen molar-refractivity contribution in [3.63, 3.8) is 0 Å². The quantitative estimate of drug-likeness (QED) is 0.715. The predicted octanol–water partition coefficient (Wildman–Crippen LogP) is 4.05. The fourth-order valence-corrected chi connectivity index (χ4v) is 3.09. The molecule has 3 rings (SSSR count). The highest BCUT2D eigenvalue weighted by molar-refractivity contribution is 6.03. The molecule has 2 aromatic heterocycles. The number of benzene rings is 1. The van der Waals surface area contributed by atoms with Crippen LogP contribution < -0.4 is 5.32 Å². The molecule has 1 amide bonds. The maximum Gasteiger partial charge on any atom is 0.248 e. The molecule has 130 valence electrons. The highest BCUT2D eigenvalue weighted by Crippen LogP contribution is 2.21. The molecule has 0 aliphatic heterocycles. The lowest BCUT2D eigenvalue weighted by molar-refractivity contribution is -0.111. The Morgan fingerprint density at radius 3 is 2.76 bits per heavy atom. The summed E-state index contributed by atoms with van der Waals surface area (Å²) in [7, 11) is 1.90. The molecule has 3 aromatic rings. The number of anilines is 1. The average molecular weight is 336 g/mol. The summed E-state index contributed by atoms with van der Waals surface area (Å²) in [4.78, 5) is 12.2. The summed E-state index contributed by atoms with van der Waals surface area (Å²) >= 11 is 0. The van der Waals surface area contributed by atoms with Gasteiger partial charge in [0.15, 0.2) is 0 Å². The van der Waals surface area contributed by atoms with E-state index in [1.807, 2.05) is 43.8 Å². The van der Waals surface area contributed by atoms with Crippen LogP contribution in [0.2, 0.25) is 0 Å². The molecule has 0 radical (unpaired) electrons. The third-order valence-electron chi connectivity index (χ3n) is 4.47. The minimum atomic E-state index is -0.144. The molecule has 0 fully saturated rings. The number of carbonyl (C=O) groups is 1. The standard InChI is InChI=1S/C20H24N4O/c1-5-11-24-12-10-16-13-17(6-8-19(16)24)21-20(25)9-7-18-14(2)22-23(4)15(18)3/h6-10,12-13H,5,11H2,1-4H3,(H,21,25)/b9-7+. The highest BCUT2D eigenvalue weighted by Gasteiger charge is 2.07. The third kappa shape index (κ3) is 3.50. The van der Waals surface area contributed by atoms with Gasteiger partial charge in [-0.3, -0.25) is 9.48 Å². The SMILES string of the molecule is CCCn1ccc2cc(NC(=O)/C=C/c3c(C)nn(C)c3C)ccc21. The molecule has 25 heavy (non-hydrogen) atoms. The molecule has 0 saturated carbocycles. The van der Waals surface area contributed by atoms with E-state index in [4.69, 9.17) is 0 Å². The second-order valence-electron chi connectivity index (χ2n) is 6.31. The van der Waals surface area contributed by atoms with Gasteiger partial charge >= 0.3 is 0 Å². The van der Waals surface area contributed by atoms with Crippen molar-refractivity contribution in [2.75, 3.05) is 5.32 Å². The lowest BCUT2D eigenvalue weighted by Crippen LogP contribution is -2.07. The van der Waals surface area contributed by atoms with E-state index >= 15 is 0 Å². The van der Waals surface area contributed by atoms with Gasteiger partial charge in [0.1, 0.15) is 0 Å². The summed E-state index contributed by atoms with van der Waals surface area (Å²) < 4.78 is 4.05. The molecule has 5 nitrogen and oxygen atoms in total. The van der Waals surface area contributed by atoms with Crippen LogP contribution >= 0.6 is 0 Å². The fourth-order valence-electron chi connectivity index (χ4n) is 3.09. The molecule has 2 heterocycles. The zero-order valence-electron chi connectivity index (χ0n) is 15.2. The molecule has 5 heteroatoms. The Morgan fingerprint density at radius 2 is 2.08 bits per heavy atom. The van der Waals surface area contributed by atoms with Crippen LogP contribution in [0.1, 0.15) is 30.3 Å². The van der Waals surface area contributed by atoms with Crippen LogP contribution in [-0.4, -0.2) is 20.3 Å². The summed E-state index contributed by atoms with van der Waals surface area (Å²) in [6.07, 6.45) is 6.57. The van der Waals surface area contributed by atoms with E-state index in [0.717, 1.165) is 41.0 Å². The monoisotopic (exact) mass is 336 g/mol. The summed E-state index contributed by atoms with van der Waals surface area (Å²) in [5.74, 6) is -0.144. The molecule has 0 atom stereocenters. The van der Waals surface area contributed by atoms with Crippen molar-refractivity contribution < 1.29 is 4.79 Å². The first-order valence-corrected chi connectivity index (χ1v) is 8.57. The van der Waals surface area contributed by atoms with Gasteiger partial charge in [0, 0.05) is 53.7 Å². The van der Waals surface area contributed by atoms with E-state index in [2.05, 4.69) is 40.2 Å². The molecule has 0 aliphatic carbocycles. The molecule has 1 aromatic carbocycles. The summed E-state index contributed by atoms with van der Waals surface area (Å²) in [5.41, 5.74) is 4.95. The van der Waals surface area contributed by atoms with Crippen molar-refractivity contribution in [1.29, 1.82) is 0 Å². The molecule has 0 bridgehead atoms. The predicted molar refractivity (Wildman–Crippen MR) is 103 cm³/mol. The largest absolute Gasteiger partial charge is 0.347 e. The molecule has 0 aliphatic rings. The second-order valence-corrected chi connectivity index (χ2v) is 6.31. The summed E-state index contributed by atoms with van der Waals surface area (Å²) in [5, 5.41) is 8.42. The van der Waals surface area contributed by atoms with Crippen molar-refractivity contribution in [2.45, 2.75) is 33.7 Å². The Labute approximate surface area is 148 Å². The zero-order chi connectivity index (χ0) is 18.0. The lowest BCUT2D eigenvalue weighted by Gasteiger charge is -2.05. The van der Waals surface area contributed by atoms with E-state index in [-0.39, 0.29) is 5.91 Å². The number of hydrogen-bond donors (Lipinski definition) is 1. The first-order chi connectivity index (χ1) is 12.0.